The number of hydrogen-bond acceptors (Lipinski definition) is 5. The molecule has 0 aromatic carbocycles. The Morgan fingerprint density at radius 3 is 2.68 bits per heavy atom. The van der Waals surface area contributed by atoms with Gasteiger partial charge in [0.05, 0.1) is 18.4 Å². The van der Waals surface area contributed by atoms with Crippen LogP contribution in [0.15, 0.2) is 22.6 Å². The number of esters is 1. The van der Waals surface area contributed by atoms with Crippen molar-refractivity contribution >= 4 is 17.8 Å². The molecule has 0 unspecified atom stereocenters. The maximum absolute atomic E-state index is 12.3. The number of hydrogen-bond donors (Lipinski definition) is 0. The van der Waals surface area contributed by atoms with Gasteiger partial charge in [-0.25, -0.2) is 4.79 Å². The Kier molecular flexibility index (Phi) is 4.60. The van der Waals surface area contributed by atoms with Crippen molar-refractivity contribution in [1.82, 2.24) is 9.78 Å². The summed E-state index contributed by atoms with van der Waals surface area (Å²) in [5, 5.41) is 4.32. The molecule has 0 bridgehead atoms. The Morgan fingerprint density at radius 2 is 2.09 bits per heavy atom. The summed E-state index contributed by atoms with van der Waals surface area (Å²) in [6.45, 7) is 6.36. The Labute approximate surface area is 128 Å². The average molecular weight is 302 g/mol. The fourth-order valence-corrected chi connectivity index (χ4v) is 2.26. The summed E-state index contributed by atoms with van der Waals surface area (Å²) in [6.07, 6.45) is 2.94. The van der Waals surface area contributed by atoms with Gasteiger partial charge in [-0.3, -0.25) is 9.48 Å². The van der Waals surface area contributed by atoms with Crippen LogP contribution in [0.1, 0.15) is 45.0 Å². The van der Waals surface area contributed by atoms with Crippen molar-refractivity contribution in [2.45, 2.75) is 27.3 Å². The zero-order chi connectivity index (χ0) is 16.3. The lowest BCUT2D eigenvalue weighted by Crippen LogP contribution is -2.01. The lowest BCUT2D eigenvalue weighted by molar-refractivity contribution is 0.0564. The summed E-state index contributed by atoms with van der Waals surface area (Å²) < 4.78 is 11.6. The summed E-state index contributed by atoms with van der Waals surface area (Å²) in [6, 6.07) is 3.10. The predicted molar refractivity (Wildman–Crippen MR) is 80.8 cm³/mol. The van der Waals surface area contributed by atoms with Crippen LogP contribution >= 0.6 is 0 Å². The van der Waals surface area contributed by atoms with E-state index < -0.39 is 5.97 Å². The fraction of sp³-hybridized carbons (Fsp3) is 0.312. The monoisotopic (exact) mass is 302 g/mol. The summed E-state index contributed by atoms with van der Waals surface area (Å²) in [4.78, 5) is 23.6. The second-order valence-electron chi connectivity index (χ2n) is 4.75. The minimum absolute atomic E-state index is 0.0979. The fourth-order valence-electron chi connectivity index (χ4n) is 2.26. The van der Waals surface area contributed by atoms with E-state index in [1.807, 2.05) is 20.8 Å². The molecule has 0 saturated heterocycles. The standard InChI is InChI=1S/C16H18N2O4/c1-5-18-11(3)15(10(2)17-18)13(19)8-6-12-7-9-14(22-12)16(20)21-4/h6-9H,5H2,1-4H3/b8-6+. The van der Waals surface area contributed by atoms with Crippen LogP contribution in [0.4, 0.5) is 0 Å². The summed E-state index contributed by atoms with van der Waals surface area (Å²) in [5.74, 6) is -0.194. The minimum atomic E-state index is -0.554. The SMILES string of the molecule is CCn1nc(C)c(C(=O)/C=C/c2ccc(C(=O)OC)o2)c1C. The van der Waals surface area contributed by atoms with E-state index in [4.69, 9.17) is 4.42 Å². The number of methoxy groups -OCH3 is 1. The molecule has 2 heterocycles. The van der Waals surface area contributed by atoms with Gasteiger partial charge in [0.2, 0.25) is 5.76 Å². The zero-order valence-electron chi connectivity index (χ0n) is 13.0. The number of ether oxygens (including phenoxy) is 1. The van der Waals surface area contributed by atoms with Crippen molar-refractivity contribution in [2.24, 2.45) is 0 Å². The number of rotatable bonds is 5. The Bertz CT molecular complexity index is 737. The first-order valence-corrected chi connectivity index (χ1v) is 6.92. The molecule has 22 heavy (non-hydrogen) atoms. The van der Waals surface area contributed by atoms with Gasteiger partial charge in [-0.2, -0.15) is 5.10 Å². The van der Waals surface area contributed by atoms with Crippen LogP contribution in [0.5, 0.6) is 0 Å². The maximum Gasteiger partial charge on any atom is 0.373 e. The van der Waals surface area contributed by atoms with Crippen LogP contribution in [0.3, 0.4) is 0 Å². The van der Waals surface area contributed by atoms with Gasteiger partial charge in [0.15, 0.2) is 5.78 Å². The van der Waals surface area contributed by atoms with Gasteiger partial charge in [0.1, 0.15) is 5.76 Å². The summed E-state index contributed by atoms with van der Waals surface area (Å²) in [7, 11) is 1.28. The zero-order valence-corrected chi connectivity index (χ0v) is 13.0. The molecule has 0 aliphatic heterocycles. The lowest BCUT2D eigenvalue weighted by atomic mass is 10.1. The van der Waals surface area contributed by atoms with Gasteiger partial charge in [0.25, 0.3) is 0 Å². The molecule has 0 fully saturated rings. The predicted octanol–water partition coefficient (Wildman–Crippen LogP) is 2.80. The molecule has 0 aliphatic rings. The summed E-state index contributed by atoms with van der Waals surface area (Å²) >= 11 is 0. The van der Waals surface area contributed by atoms with E-state index in [0.29, 0.717) is 23.6 Å². The van der Waals surface area contributed by atoms with Gasteiger partial charge >= 0.3 is 5.97 Å². The van der Waals surface area contributed by atoms with Gasteiger partial charge in [-0.1, -0.05) is 0 Å². The highest BCUT2D eigenvalue weighted by Gasteiger charge is 2.16. The number of carbonyl (C=O) groups excluding carboxylic acids is 2. The number of carbonyl (C=O) groups is 2. The molecule has 0 radical (unpaired) electrons. The number of nitrogens with zero attached hydrogens (tertiary/aromatic N) is 2. The van der Waals surface area contributed by atoms with Gasteiger partial charge in [-0.05, 0) is 45.1 Å². The molecule has 6 heteroatoms. The van der Waals surface area contributed by atoms with Crippen LogP contribution in [0, 0.1) is 13.8 Å². The quantitative estimate of drug-likeness (QED) is 0.482. The van der Waals surface area contributed by atoms with E-state index in [1.54, 1.807) is 10.7 Å². The highest BCUT2D eigenvalue weighted by molar-refractivity contribution is 6.08. The molecule has 2 rings (SSSR count). The first kappa shape index (κ1) is 15.8. The van der Waals surface area contributed by atoms with E-state index in [0.717, 1.165) is 5.69 Å². The van der Waals surface area contributed by atoms with E-state index in [2.05, 4.69) is 9.84 Å². The number of allylic oxidation sites excluding steroid dienone is 1. The maximum atomic E-state index is 12.3. The van der Waals surface area contributed by atoms with Crippen molar-refractivity contribution in [3.63, 3.8) is 0 Å². The van der Waals surface area contributed by atoms with Crippen LogP contribution in [0.2, 0.25) is 0 Å². The molecule has 0 aliphatic carbocycles. The minimum Gasteiger partial charge on any atom is -0.463 e. The Balaban J connectivity index is 2.20. The number of aryl methyl sites for hydroxylation is 2. The smallest absolute Gasteiger partial charge is 0.373 e. The third-order valence-corrected chi connectivity index (χ3v) is 3.34. The van der Waals surface area contributed by atoms with E-state index in [-0.39, 0.29) is 11.5 Å². The highest BCUT2D eigenvalue weighted by atomic mass is 16.5. The van der Waals surface area contributed by atoms with Crippen LogP contribution in [-0.4, -0.2) is 28.6 Å². The lowest BCUT2D eigenvalue weighted by Gasteiger charge is -1.99. The summed E-state index contributed by atoms with van der Waals surface area (Å²) in [5.41, 5.74) is 2.13. The van der Waals surface area contributed by atoms with Crippen LogP contribution in [-0.2, 0) is 11.3 Å². The molecule has 2 aromatic heterocycles. The van der Waals surface area contributed by atoms with Crippen molar-refractivity contribution < 1.29 is 18.7 Å². The third kappa shape index (κ3) is 3.00. The first-order valence-electron chi connectivity index (χ1n) is 6.92. The molecule has 2 aromatic rings. The van der Waals surface area contributed by atoms with Gasteiger partial charge in [0, 0.05) is 12.2 Å². The second-order valence-corrected chi connectivity index (χ2v) is 4.75. The van der Waals surface area contributed by atoms with E-state index in [1.165, 1.54) is 25.3 Å². The average Bonchev–Trinajstić information content (AvgIpc) is 3.08. The largest absolute Gasteiger partial charge is 0.463 e. The second kappa shape index (κ2) is 6.43. The molecule has 0 spiro atoms. The van der Waals surface area contributed by atoms with Gasteiger partial charge < -0.3 is 9.15 Å². The van der Waals surface area contributed by atoms with E-state index in [9.17, 15) is 9.59 Å². The molecular weight excluding hydrogens is 284 g/mol. The van der Waals surface area contributed by atoms with Crippen LogP contribution < -0.4 is 0 Å². The first-order chi connectivity index (χ1) is 10.5. The molecule has 0 atom stereocenters. The topological polar surface area (TPSA) is 74.3 Å². The third-order valence-electron chi connectivity index (χ3n) is 3.34. The molecule has 6 nitrogen and oxygen atoms in total. The molecule has 0 saturated carbocycles. The molecule has 116 valence electrons. The van der Waals surface area contributed by atoms with Crippen molar-refractivity contribution in [2.75, 3.05) is 7.11 Å². The van der Waals surface area contributed by atoms with Crippen molar-refractivity contribution in [1.29, 1.82) is 0 Å². The number of furan rings is 1. The van der Waals surface area contributed by atoms with E-state index >= 15 is 0 Å². The number of ketones is 1. The molecule has 0 N–H and O–H groups in total. The Hall–Kier alpha value is -2.63. The van der Waals surface area contributed by atoms with Gasteiger partial charge in [-0.15, -0.1) is 0 Å². The Morgan fingerprint density at radius 1 is 1.36 bits per heavy atom. The van der Waals surface area contributed by atoms with Crippen molar-refractivity contribution in [3.05, 3.63) is 46.7 Å². The molecular formula is C16H18N2O4. The van der Waals surface area contributed by atoms with Crippen LogP contribution in [0.25, 0.3) is 6.08 Å². The molecule has 0 amide bonds. The van der Waals surface area contributed by atoms with Crippen molar-refractivity contribution in [3.8, 4) is 0 Å². The normalized spacial score (nSPS) is 11.1. The number of aromatic nitrogens is 2. The highest BCUT2D eigenvalue weighted by Crippen LogP contribution is 2.16.